The van der Waals surface area contributed by atoms with Gasteiger partial charge in [-0.05, 0) is 36.6 Å². The average molecular weight is 352 g/mol. The monoisotopic (exact) mass is 352 g/mol. The second kappa shape index (κ2) is 9.76. The maximum absolute atomic E-state index is 12.9. The van der Waals surface area contributed by atoms with Crippen molar-refractivity contribution in [2.75, 3.05) is 6.54 Å². The van der Waals surface area contributed by atoms with Crippen LogP contribution >= 0.6 is 0 Å². The molecule has 0 saturated heterocycles. The van der Waals surface area contributed by atoms with Crippen molar-refractivity contribution in [3.05, 3.63) is 35.6 Å². The first-order chi connectivity index (χ1) is 11.8. The van der Waals surface area contributed by atoms with Gasteiger partial charge in [0.05, 0.1) is 5.92 Å². The minimum Gasteiger partial charge on any atom is -0.481 e. The molecule has 138 valence electrons. The summed E-state index contributed by atoms with van der Waals surface area (Å²) >= 11 is 0. The van der Waals surface area contributed by atoms with Crippen LogP contribution in [0.15, 0.2) is 24.3 Å². The van der Waals surface area contributed by atoms with Gasteiger partial charge in [0.15, 0.2) is 0 Å². The Morgan fingerprint density at radius 1 is 1.16 bits per heavy atom. The molecule has 0 spiro atoms. The minimum atomic E-state index is -0.960. The van der Waals surface area contributed by atoms with E-state index in [1.54, 1.807) is 13.8 Å². The van der Waals surface area contributed by atoms with Crippen LogP contribution < -0.4 is 10.6 Å². The molecule has 2 amide bonds. The fourth-order valence-electron chi connectivity index (χ4n) is 2.36. The van der Waals surface area contributed by atoms with E-state index in [-0.39, 0.29) is 18.0 Å². The maximum atomic E-state index is 12.9. The van der Waals surface area contributed by atoms with Gasteiger partial charge in [0.25, 0.3) is 5.91 Å². The number of amides is 2. The highest BCUT2D eigenvalue weighted by atomic mass is 19.1. The molecule has 0 aliphatic carbocycles. The van der Waals surface area contributed by atoms with Crippen molar-refractivity contribution in [3.8, 4) is 0 Å². The molecule has 6 nitrogen and oxygen atoms in total. The number of carboxylic acids is 1. The molecule has 2 atom stereocenters. The molecule has 1 rings (SSSR count). The normalized spacial score (nSPS) is 13.2. The fourth-order valence-corrected chi connectivity index (χ4v) is 2.36. The van der Waals surface area contributed by atoms with E-state index in [9.17, 15) is 18.8 Å². The second-order valence-corrected chi connectivity index (χ2v) is 6.27. The number of carbonyl (C=O) groups excluding carboxylic acids is 2. The van der Waals surface area contributed by atoms with Gasteiger partial charge >= 0.3 is 5.97 Å². The van der Waals surface area contributed by atoms with Crippen LogP contribution in [0.3, 0.4) is 0 Å². The van der Waals surface area contributed by atoms with E-state index >= 15 is 0 Å². The molecular formula is C18H25FN2O4. The summed E-state index contributed by atoms with van der Waals surface area (Å²) in [5, 5.41) is 14.3. The van der Waals surface area contributed by atoms with E-state index in [4.69, 9.17) is 5.11 Å². The molecule has 1 aromatic carbocycles. The summed E-state index contributed by atoms with van der Waals surface area (Å²) in [7, 11) is 0. The highest BCUT2D eigenvalue weighted by molar-refractivity contribution is 5.97. The van der Waals surface area contributed by atoms with Crippen LogP contribution in [0.1, 0.15) is 44.0 Å². The Balaban J connectivity index is 2.71. The highest BCUT2D eigenvalue weighted by Gasteiger charge is 2.26. The molecule has 25 heavy (non-hydrogen) atoms. The van der Waals surface area contributed by atoms with Crippen LogP contribution in [-0.4, -0.2) is 35.5 Å². The number of carbonyl (C=O) groups is 3. The van der Waals surface area contributed by atoms with Crippen LogP contribution in [-0.2, 0) is 9.59 Å². The summed E-state index contributed by atoms with van der Waals surface area (Å²) in [6.45, 7) is 5.43. The quantitative estimate of drug-likeness (QED) is 0.635. The zero-order valence-corrected chi connectivity index (χ0v) is 14.7. The van der Waals surface area contributed by atoms with E-state index in [0.29, 0.717) is 12.8 Å². The van der Waals surface area contributed by atoms with Crippen molar-refractivity contribution in [2.24, 2.45) is 11.8 Å². The Morgan fingerprint density at radius 2 is 1.76 bits per heavy atom. The van der Waals surface area contributed by atoms with Crippen LogP contribution in [0, 0.1) is 17.7 Å². The average Bonchev–Trinajstić information content (AvgIpc) is 2.55. The van der Waals surface area contributed by atoms with Crippen molar-refractivity contribution in [1.29, 1.82) is 0 Å². The standard InChI is InChI=1S/C18H25FN2O4/c1-4-5-13(18(24)25)10-20-17(23)15(11(2)3)21-16(22)12-6-8-14(19)9-7-12/h6-9,11,13,15H,4-5,10H2,1-3H3,(H,20,23)(H,21,22)(H,24,25). The molecule has 0 radical (unpaired) electrons. The SMILES string of the molecule is CCCC(CNC(=O)C(NC(=O)c1ccc(F)cc1)C(C)C)C(=O)O. The van der Waals surface area contributed by atoms with E-state index in [0.717, 1.165) is 0 Å². The van der Waals surface area contributed by atoms with Crippen molar-refractivity contribution >= 4 is 17.8 Å². The van der Waals surface area contributed by atoms with E-state index in [1.807, 2.05) is 6.92 Å². The van der Waals surface area contributed by atoms with E-state index in [2.05, 4.69) is 10.6 Å². The van der Waals surface area contributed by atoms with Gasteiger partial charge in [0.1, 0.15) is 11.9 Å². The topological polar surface area (TPSA) is 95.5 Å². The molecule has 0 saturated carbocycles. The van der Waals surface area contributed by atoms with E-state index in [1.165, 1.54) is 24.3 Å². The van der Waals surface area contributed by atoms with Gasteiger partial charge in [0, 0.05) is 12.1 Å². The van der Waals surface area contributed by atoms with Gasteiger partial charge in [0.2, 0.25) is 5.91 Å². The number of aliphatic carboxylic acids is 1. The number of nitrogens with one attached hydrogen (secondary N) is 2. The summed E-state index contributed by atoms with van der Waals surface area (Å²) in [6.07, 6.45) is 1.16. The van der Waals surface area contributed by atoms with Gasteiger partial charge in [-0.2, -0.15) is 0 Å². The number of rotatable bonds is 9. The number of halogens is 1. The Morgan fingerprint density at radius 3 is 2.24 bits per heavy atom. The zero-order valence-electron chi connectivity index (χ0n) is 14.7. The van der Waals surface area contributed by atoms with Gasteiger partial charge in [-0.1, -0.05) is 27.2 Å². The fraction of sp³-hybridized carbons (Fsp3) is 0.500. The molecule has 3 N–H and O–H groups in total. The number of hydrogen-bond donors (Lipinski definition) is 3. The van der Waals surface area contributed by atoms with Crippen molar-refractivity contribution < 1.29 is 23.9 Å². The smallest absolute Gasteiger partial charge is 0.308 e. The maximum Gasteiger partial charge on any atom is 0.308 e. The molecule has 0 bridgehead atoms. The van der Waals surface area contributed by atoms with Crippen LogP contribution in [0.4, 0.5) is 4.39 Å². The molecule has 0 aliphatic rings. The highest BCUT2D eigenvalue weighted by Crippen LogP contribution is 2.09. The lowest BCUT2D eigenvalue weighted by molar-refractivity contribution is -0.142. The van der Waals surface area contributed by atoms with Gasteiger partial charge in [-0.15, -0.1) is 0 Å². The van der Waals surface area contributed by atoms with Gasteiger partial charge < -0.3 is 15.7 Å². The molecular weight excluding hydrogens is 327 g/mol. The van der Waals surface area contributed by atoms with Crippen molar-refractivity contribution in [1.82, 2.24) is 10.6 Å². The van der Waals surface area contributed by atoms with Gasteiger partial charge in [-0.25, -0.2) is 4.39 Å². The molecule has 0 fully saturated rings. The summed E-state index contributed by atoms with van der Waals surface area (Å²) in [5.41, 5.74) is 0.245. The Hall–Kier alpha value is -2.44. The largest absolute Gasteiger partial charge is 0.481 e. The number of carboxylic acid groups (broad SMARTS) is 1. The minimum absolute atomic E-state index is 0.0116. The van der Waals surface area contributed by atoms with Crippen molar-refractivity contribution in [2.45, 2.75) is 39.7 Å². The molecule has 0 heterocycles. The first kappa shape index (κ1) is 20.6. The summed E-state index contributed by atoms with van der Waals surface area (Å²) in [4.78, 5) is 35.7. The number of benzene rings is 1. The summed E-state index contributed by atoms with van der Waals surface area (Å²) in [5.74, 6) is -3.19. The first-order valence-electron chi connectivity index (χ1n) is 8.33. The summed E-state index contributed by atoms with van der Waals surface area (Å²) < 4.78 is 12.9. The third kappa shape index (κ3) is 6.52. The summed E-state index contributed by atoms with van der Waals surface area (Å²) in [6, 6.07) is 4.19. The van der Waals surface area contributed by atoms with Gasteiger partial charge in [-0.3, -0.25) is 14.4 Å². The Kier molecular flexibility index (Phi) is 8.04. The van der Waals surface area contributed by atoms with Crippen LogP contribution in [0.2, 0.25) is 0 Å². The third-order valence-electron chi connectivity index (χ3n) is 3.85. The molecule has 0 aliphatic heterocycles. The number of hydrogen-bond acceptors (Lipinski definition) is 3. The first-order valence-corrected chi connectivity index (χ1v) is 8.33. The van der Waals surface area contributed by atoms with Crippen molar-refractivity contribution in [3.63, 3.8) is 0 Å². The van der Waals surface area contributed by atoms with Crippen LogP contribution in [0.5, 0.6) is 0 Å². The molecule has 7 heteroatoms. The molecule has 0 aromatic heterocycles. The molecule has 1 aromatic rings. The van der Waals surface area contributed by atoms with E-state index < -0.39 is 35.6 Å². The predicted molar refractivity (Wildman–Crippen MR) is 91.5 cm³/mol. The third-order valence-corrected chi connectivity index (χ3v) is 3.85. The zero-order chi connectivity index (χ0) is 19.0. The predicted octanol–water partition coefficient (Wildman–Crippen LogP) is 2.20. The second-order valence-electron chi connectivity index (χ2n) is 6.27. The lowest BCUT2D eigenvalue weighted by Crippen LogP contribution is -2.50. The van der Waals surface area contributed by atoms with Crippen LogP contribution in [0.25, 0.3) is 0 Å². The Bertz CT molecular complexity index is 602. The Labute approximate surface area is 146 Å². The lowest BCUT2D eigenvalue weighted by atomic mass is 10.0. The molecule has 2 unspecified atom stereocenters. The lowest BCUT2D eigenvalue weighted by Gasteiger charge is -2.23.